The van der Waals surface area contributed by atoms with Crippen LogP contribution in [0.5, 0.6) is 0 Å². The van der Waals surface area contributed by atoms with E-state index in [0.717, 1.165) is 0 Å². The van der Waals surface area contributed by atoms with Gasteiger partial charge in [0.2, 0.25) is 0 Å². The normalized spacial score (nSPS) is 28.4. The Balaban J connectivity index is 1.94. The van der Waals surface area contributed by atoms with Crippen LogP contribution in [-0.4, -0.2) is 77.5 Å². The number of nitrogens with zero attached hydrogens (tertiary/aromatic N) is 4. The third-order valence-corrected chi connectivity index (χ3v) is 4.20. The first-order valence-corrected chi connectivity index (χ1v) is 7.78. The first-order chi connectivity index (χ1) is 11.6. The highest BCUT2D eigenvalue weighted by Gasteiger charge is 2.44. The van der Waals surface area contributed by atoms with E-state index in [1.807, 2.05) is 6.92 Å². The molecule has 132 valence electrons. The molecule has 3 rings (SSSR count). The summed E-state index contributed by atoms with van der Waals surface area (Å²) in [5, 5.41) is 41.7. The Morgan fingerprint density at radius 2 is 2.04 bits per heavy atom. The van der Waals surface area contributed by atoms with Crippen molar-refractivity contribution in [3.8, 4) is 0 Å². The molecule has 2 aromatic rings. The van der Waals surface area contributed by atoms with Crippen LogP contribution in [0.15, 0.2) is 12.7 Å². The number of aromatic nitrogens is 4. The van der Waals surface area contributed by atoms with E-state index in [9.17, 15) is 20.4 Å². The maximum absolute atomic E-state index is 10.2. The van der Waals surface area contributed by atoms with Gasteiger partial charge in [-0.2, -0.15) is 0 Å². The van der Waals surface area contributed by atoms with Gasteiger partial charge in [0, 0.05) is 0 Å². The lowest BCUT2D eigenvalue weighted by molar-refractivity contribution is -0.0511. The van der Waals surface area contributed by atoms with Crippen LogP contribution in [0, 0.1) is 0 Å². The molecule has 5 atom stereocenters. The van der Waals surface area contributed by atoms with E-state index >= 15 is 0 Å². The smallest absolute Gasteiger partial charge is 0.167 e. The molecule has 0 aliphatic carbocycles. The van der Waals surface area contributed by atoms with Crippen molar-refractivity contribution in [3.63, 3.8) is 0 Å². The third-order valence-electron chi connectivity index (χ3n) is 4.20. The van der Waals surface area contributed by atoms with Crippen LogP contribution in [0.1, 0.15) is 19.6 Å². The number of fused-ring (bicyclic) bond motifs is 1. The lowest BCUT2D eigenvalue weighted by atomic mass is 10.1. The number of aliphatic hydroxyl groups excluding tert-OH is 4. The molecule has 0 amide bonds. The largest absolute Gasteiger partial charge is 0.394 e. The van der Waals surface area contributed by atoms with E-state index in [2.05, 4.69) is 20.3 Å². The Morgan fingerprint density at radius 3 is 2.67 bits per heavy atom. The minimum absolute atomic E-state index is 0.0441. The number of nitrogens with one attached hydrogen (secondary N) is 1. The average molecular weight is 339 g/mol. The number of rotatable bonds is 6. The molecule has 0 saturated carbocycles. The van der Waals surface area contributed by atoms with E-state index < -0.39 is 31.1 Å². The first-order valence-electron chi connectivity index (χ1n) is 7.78. The molecule has 1 aliphatic rings. The topological polar surface area (TPSA) is 146 Å². The van der Waals surface area contributed by atoms with E-state index in [1.54, 1.807) is 0 Å². The molecule has 2 aromatic heterocycles. The Labute approximate surface area is 137 Å². The van der Waals surface area contributed by atoms with Gasteiger partial charge in [-0.05, 0) is 6.42 Å². The van der Waals surface area contributed by atoms with Gasteiger partial charge in [-0.15, -0.1) is 0 Å². The summed E-state index contributed by atoms with van der Waals surface area (Å²) in [4.78, 5) is 12.6. The minimum Gasteiger partial charge on any atom is -0.394 e. The van der Waals surface area contributed by atoms with Gasteiger partial charge in [0.1, 0.15) is 24.6 Å². The number of imidazole rings is 1. The molecule has 1 aliphatic heterocycles. The van der Waals surface area contributed by atoms with E-state index in [0.29, 0.717) is 23.4 Å². The Hall–Kier alpha value is -1.85. The van der Waals surface area contributed by atoms with Crippen molar-refractivity contribution in [3.05, 3.63) is 12.7 Å². The minimum atomic E-state index is -1.22. The van der Waals surface area contributed by atoms with Crippen molar-refractivity contribution in [2.75, 3.05) is 18.5 Å². The zero-order chi connectivity index (χ0) is 17.3. The Morgan fingerprint density at radius 1 is 1.25 bits per heavy atom. The van der Waals surface area contributed by atoms with Gasteiger partial charge in [-0.1, -0.05) is 6.92 Å². The summed E-state index contributed by atoms with van der Waals surface area (Å²) in [5.41, 5.74) is 0.872. The Kier molecular flexibility index (Phi) is 4.92. The van der Waals surface area contributed by atoms with Crippen LogP contribution in [0.3, 0.4) is 0 Å². The SMILES string of the molecule is CC[C@H](CO)Nc1ncnc2c1ncn2[C@@H]1O[C@H](CO)[C@@H](O)[C@H]1O. The fraction of sp³-hybridized carbons (Fsp3) is 0.643. The van der Waals surface area contributed by atoms with Crippen LogP contribution in [-0.2, 0) is 4.74 Å². The van der Waals surface area contributed by atoms with Gasteiger partial charge < -0.3 is 30.5 Å². The number of hydrogen-bond acceptors (Lipinski definition) is 9. The molecule has 0 radical (unpaired) electrons. The molecule has 0 aromatic carbocycles. The molecule has 1 saturated heterocycles. The molecule has 10 nitrogen and oxygen atoms in total. The fourth-order valence-electron chi connectivity index (χ4n) is 2.72. The summed E-state index contributed by atoms with van der Waals surface area (Å²) in [6.07, 6.45) is -0.718. The highest BCUT2D eigenvalue weighted by Crippen LogP contribution is 2.32. The maximum atomic E-state index is 10.2. The Bertz CT molecular complexity index is 691. The summed E-state index contributed by atoms with van der Waals surface area (Å²) in [6, 6.07) is -0.165. The maximum Gasteiger partial charge on any atom is 0.167 e. The molecule has 5 N–H and O–H groups in total. The molecule has 3 heterocycles. The molecule has 10 heteroatoms. The summed E-state index contributed by atoms with van der Waals surface area (Å²) >= 11 is 0. The van der Waals surface area contributed by atoms with Crippen molar-refractivity contribution in [2.24, 2.45) is 0 Å². The van der Waals surface area contributed by atoms with E-state index in [-0.39, 0.29) is 12.6 Å². The lowest BCUT2D eigenvalue weighted by Gasteiger charge is -2.17. The van der Waals surface area contributed by atoms with Crippen molar-refractivity contribution in [1.29, 1.82) is 0 Å². The summed E-state index contributed by atoms with van der Waals surface area (Å²) < 4.78 is 6.99. The van der Waals surface area contributed by atoms with Gasteiger partial charge in [0.05, 0.1) is 25.6 Å². The van der Waals surface area contributed by atoms with Crippen LogP contribution < -0.4 is 5.32 Å². The molecule has 24 heavy (non-hydrogen) atoms. The quantitative estimate of drug-likeness (QED) is 0.430. The third kappa shape index (κ3) is 2.82. The monoisotopic (exact) mass is 339 g/mol. The van der Waals surface area contributed by atoms with E-state index in [1.165, 1.54) is 17.2 Å². The predicted octanol–water partition coefficient (Wildman–Crippen LogP) is -1.38. The van der Waals surface area contributed by atoms with Gasteiger partial charge in [-0.25, -0.2) is 15.0 Å². The van der Waals surface area contributed by atoms with Gasteiger partial charge in [-0.3, -0.25) is 4.57 Å². The molecule has 0 unspecified atom stereocenters. The van der Waals surface area contributed by atoms with E-state index in [4.69, 9.17) is 4.74 Å². The van der Waals surface area contributed by atoms with Crippen molar-refractivity contribution in [2.45, 2.75) is 43.9 Å². The van der Waals surface area contributed by atoms with Gasteiger partial charge >= 0.3 is 0 Å². The highest BCUT2D eigenvalue weighted by atomic mass is 16.6. The van der Waals surface area contributed by atoms with Crippen molar-refractivity contribution >= 4 is 17.0 Å². The number of aliphatic hydroxyl groups is 4. The first kappa shape index (κ1) is 17.0. The second kappa shape index (κ2) is 6.95. The van der Waals surface area contributed by atoms with Gasteiger partial charge in [0.25, 0.3) is 0 Å². The summed E-state index contributed by atoms with van der Waals surface area (Å²) in [5.74, 6) is 0.464. The standard InChI is InChI=1S/C14H21N5O5/c1-2-7(3-20)18-12-9-13(16-5-15-12)19(6-17-9)14-11(23)10(22)8(4-21)24-14/h5-8,10-11,14,20-23H,2-4H2,1H3,(H,15,16,18)/t7-,8-,10-,11-,14-/m1/s1. The van der Waals surface area contributed by atoms with Crippen LogP contribution >= 0.6 is 0 Å². The molecular weight excluding hydrogens is 318 g/mol. The number of ether oxygens (including phenoxy) is 1. The van der Waals surface area contributed by atoms with Crippen LogP contribution in [0.25, 0.3) is 11.2 Å². The predicted molar refractivity (Wildman–Crippen MR) is 83.1 cm³/mol. The number of hydrogen-bond donors (Lipinski definition) is 5. The average Bonchev–Trinajstić information content (AvgIpc) is 3.15. The van der Waals surface area contributed by atoms with Crippen molar-refractivity contribution < 1.29 is 25.2 Å². The zero-order valence-corrected chi connectivity index (χ0v) is 13.1. The van der Waals surface area contributed by atoms with Crippen LogP contribution in [0.4, 0.5) is 5.82 Å². The van der Waals surface area contributed by atoms with Gasteiger partial charge in [0.15, 0.2) is 23.2 Å². The second-order valence-electron chi connectivity index (χ2n) is 5.71. The summed E-state index contributed by atoms with van der Waals surface area (Å²) in [6.45, 7) is 1.49. The zero-order valence-electron chi connectivity index (χ0n) is 13.1. The fourth-order valence-corrected chi connectivity index (χ4v) is 2.72. The van der Waals surface area contributed by atoms with Crippen molar-refractivity contribution in [1.82, 2.24) is 19.5 Å². The van der Waals surface area contributed by atoms with Crippen LogP contribution in [0.2, 0.25) is 0 Å². The lowest BCUT2D eigenvalue weighted by Crippen LogP contribution is -2.33. The molecule has 0 bridgehead atoms. The molecule has 0 spiro atoms. The highest BCUT2D eigenvalue weighted by molar-refractivity contribution is 5.82. The summed E-state index contributed by atoms with van der Waals surface area (Å²) in [7, 11) is 0. The second-order valence-corrected chi connectivity index (χ2v) is 5.71. The number of anilines is 1. The molecular formula is C14H21N5O5. The molecule has 1 fully saturated rings.